The molecule has 222 valence electrons. The van der Waals surface area contributed by atoms with Gasteiger partial charge in [0.2, 0.25) is 0 Å². The second-order valence-corrected chi connectivity index (χ2v) is 12.5. The monoisotopic (exact) mass is 588 g/mol. The van der Waals surface area contributed by atoms with Gasteiger partial charge in [-0.3, -0.25) is 0 Å². The summed E-state index contributed by atoms with van der Waals surface area (Å²) < 4.78 is 6.17. The predicted octanol–water partition coefficient (Wildman–Crippen LogP) is 8.31. The van der Waals surface area contributed by atoms with E-state index >= 15 is 0 Å². The molecule has 3 atom stereocenters. The van der Waals surface area contributed by atoms with Gasteiger partial charge in [-0.1, -0.05) is 86.7 Å². The second kappa shape index (κ2) is 11.1. The molecule has 0 fully saturated rings. The van der Waals surface area contributed by atoms with Gasteiger partial charge in [0.15, 0.2) is 5.82 Å². The Labute approximate surface area is 263 Å². The van der Waals surface area contributed by atoms with E-state index < -0.39 is 0 Å². The summed E-state index contributed by atoms with van der Waals surface area (Å²) >= 11 is 0. The van der Waals surface area contributed by atoms with E-state index in [2.05, 4.69) is 104 Å². The number of anilines is 3. The Morgan fingerprint density at radius 1 is 0.889 bits per heavy atom. The third-order valence-corrected chi connectivity index (χ3v) is 9.23. The molecule has 0 saturated carbocycles. The summed E-state index contributed by atoms with van der Waals surface area (Å²) in [6.45, 7) is 6.67. The smallest absolute Gasteiger partial charge is 0.157 e. The SMILES string of the molecule is CC1=CC=CCC=C1c1nc2ccccc2nc1Nc1ccc(NC2C=c3c(oc4ccccc34)=CC2C)c2c1CC(C)C=C2. The maximum absolute atomic E-state index is 6.17. The summed E-state index contributed by atoms with van der Waals surface area (Å²) in [7, 11) is 0. The van der Waals surface area contributed by atoms with Crippen molar-refractivity contribution in [2.75, 3.05) is 10.6 Å². The average Bonchev–Trinajstić information content (AvgIpc) is 3.25. The highest BCUT2D eigenvalue weighted by atomic mass is 16.3. The van der Waals surface area contributed by atoms with Crippen molar-refractivity contribution in [3.05, 3.63) is 124 Å². The number of rotatable bonds is 5. The predicted molar refractivity (Wildman–Crippen MR) is 188 cm³/mol. The van der Waals surface area contributed by atoms with Crippen molar-refractivity contribution in [2.24, 2.45) is 11.8 Å². The molecule has 5 heteroatoms. The van der Waals surface area contributed by atoms with Gasteiger partial charge in [0.05, 0.1) is 17.1 Å². The van der Waals surface area contributed by atoms with Gasteiger partial charge < -0.3 is 15.1 Å². The highest BCUT2D eigenvalue weighted by molar-refractivity contribution is 5.90. The van der Waals surface area contributed by atoms with Gasteiger partial charge in [-0.05, 0) is 73.2 Å². The zero-order valence-corrected chi connectivity index (χ0v) is 25.8. The molecule has 3 unspecified atom stereocenters. The van der Waals surface area contributed by atoms with E-state index in [0.29, 0.717) is 5.92 Å². The van der Waals surface area contributed by atoms with Gasteiger partial charge >= 0.3 is 0 Å². The van der Waals surface area contributed by atoms with Crippen LogP contribution in [0.3, 0.4) is 0 Å². The Balaban J connectivity index is 1.20. The summed E-state index contributed by atoms with van der Waals surface area (Å²) in [5, 5.41) is 10.0. The Morgan fingerprint density at radius 2 is 1.69 bits per heavy atom. The third kappa shape index (κ3) is 4.98. The molecule has 5 aromatic rings. The summed E-state index contributed by atoms with van der Waals surface area (Å²) in [6, 6.07) is 20.9. The first kappa shape index (κ1) is 27.4. The first-order chi connectivity index (χ1) is 22.0. The van der Waals surface area contributed by atoms with Crippen molar-refractivity contribution in [1.82, 2.24) is 9.97 Å². The van der Waals surface area contributed by atoms with Crippen LogP contribution in [0.1, 0.15) is 44.0 Å². The first-order valence-electron chi connectivity index (χ1n) is 15.9. The van der Waals surface area contributed by atoms with E-state index in [1.807, 2.05) is 36.4 Å². The molecule has 45 heavy (non-hydrogen) atoms. The molecule has 0 saturated heterocycles. The van der Waals surface area contributed by atoms with Crippen LogP contribution in [0.5, 0.6) is 0 Å². The number of nitrogens with zero attached hydrogens (tertiary/aromatic N) is 2. The number of fused-ring (bicyclic) bond motifs is 5. The van der Waals surface area contributed by atoms with Gasteiger partial charge in [-0.25, -0.2) is 9.97 Å². The van der Waals surface area contributed by atoms with Gasteiger partial charge in [0, 0.05) is 39.0 Å². The van der Waals surface area contributed by atoms with Crippen LogP contribution in [0.15, 0.2) is 101 Å². The summed E-state index contributed by atoms with van der Waals surface area (Å²) in [5.74, 6) is 1.49. The molecular weight excluding hydrogens is 552 g/mol. The summed E-state index contributed by atoms with van der Waals surface area (Å²) in [5.41, 5.74) is 11.6. The molecule has 0 spiro atoms. The number of hydrogen-bond donors (Lipinski definition) is 2. The summed E-state index contributed by atoms with van der Waals surface area (Å²) in [6.07, 6.45) is 19.7. The normalized spacial score (nSPS) is 20.4. The molecule has 3 aliphatic carbocycles. The molecule has 8 rings (SSSR count). The highest BCUT2D eigenvalue weighted by Crippen LogP contribution is 2.38. The van der Waals surface area contributed by atoms with E-state index in [4.69, 9.17) is 14.4 Å². The lowest BCUT2D eigenvalue weighted by molar-refractivity contribution is 0.560. The highest BCUT2D eigenvalue weighted by Gasteiger charge is 2.24. The number of aromatic nitrogens is 2. The number of nitrogens with one attached hydrogen (secondary N) is 2. The van der Waals surface area contributed by atoms with Crippen LogP contribution in [-0.2, 0) is 6.42 Å². The first-order valence-corrected chi connectivity index (χ1v) is 15.9. The van der Waals surface area contributed by atoms with Crippen LogP contribution in [0.2, 0.25) is 0 Å². The Kier molecular flexibility index (Phi) is 6.75. The second-order valence-electron chi connectivity index (χ2n) is 12.5. The van der Waals surface area contributed by atoms with E-state index in [1.165, 1.54) is 21.9 Å². The van der Waals surface area contributed by atoms with Crippen molar-refractivity contribution in [2.45, 2.75) is 39.7 Å². The molecule has 2 N–H and O–H groups in total. The molecule has 3 aromatic carbocycles. The van der Waals surface area contributed by atoms with Crippen LogP contribution in [0, 0.1) is 11.8 Å². The lowest BCUT2D eigenvalue weighted by Gasteiger charge is -2.28. The van der Waals surface area contributed by atoms with E-state index in [0.717, 1.165) is 68.7 Å². The standard InChI is InChI=1S/C40H36N4O/c1-24-17-18-28-30(21-24)33(20-19-32(28)41-36-23-31-29-13-7-10-16-37(29)45-38(31)22-26(36)3)43-40-39(27-12-6-4-5-11-25(27)2)42-34-14-8-9-15-35(34)44-40/h4-5,7-20,22-24,26,36,41H,6,21H2,1-3H3,(H,43,44). The van der Waals surface area contributed by atoms with Crippen molar-refractivity contribution in [1.29, 1.82) is 0 Å². The largest absolute Gasteiger partial charge is 0.456 e. The molecule has 5 nitrogen and oxygen atoms in total. The lowest BCUT2D eigenvalue weighted by atomic mass is 9.87. The molecule has 2 aromatic heterocycles. The Morgan fingerprint density at radius 3 is 2.58 bits per heavy atom. The zero-order valence-electron chi connectivity index (χ0n) is 25.8. The van der Waals surface area contributed by atoms with Gasteiger partial charge in [-0.15, -0.1) is 0 Å². The van der Waals surface area contributed by atoms with Crippen LogP contribution < -0.4 is 21.3 Å². The van der Waals surface area contributed by atoms with Crippen molar-refractivity contribution >= 4 is 63.0 Å². The average molecular weight is 589 g/mol. The Bertz CT molecular complexity index is 2230. The number of hydrogen-bond acceptors (Lipinski definition) is 5. The number of furan rings is 1. The van der Waals surface area contributed by atoms with Crippen LogP contribution in [0.25, 0.3) is 45.8 Å². The van der Waals surface area contributed by atoms with E-state index in [-0.39, 0.29) is 12.0 Å². The summed E-state index contributed by atoms with van der Waals surface area (Å²) in [4.78, 5) is 10.3. The molecule has 0 radical (unpaired) electrons. The van der Waals surface area contributed by atoms with E-state index in [9.17, 15) is 0 Å². The minimum Gasteiger partial charge on any atom is -0.456 e. The van der Waals surface area contributed by atoms with Crippen LogP contribution in [-0.4, -0.2) is 16.0 Å². The van der Waals surface area contributed by atoms with Crippen molar-refractivity contribution < 1.29 is 4.42 Å². The fourth-order valence-corrected chi connectivity index (χ4v) is 6.79. The molecule has 2 heterocycles. The quantitative estimate of drug-likeness (QED) is 0.216. The van der Waals surface area contributed by atoms with Gasteiger partial charge in [-0.2, -0.15) is 0 Å². The number of benzene rings is 3. The fourth-order valence-electron chi connectivity index (χ4n) is 6.79. The maximum atomic E-state index is 6.17. The molecule has 0 bridgehead atoms. The Hall–Kier alpha value is -5.16. The topological polar surface area (TPSA) is 63.0 Å². The fraction of sp³-hybridized carbons (Fsp3) is 0.200. The van der Waals surface area contributed by atoms with Crippen LogP contribution in [0.4, 0.5) is 17.2 Å². The molecular formula is C40H36N4O. The van der Waals surface area contributed by atoms with E-state index in [1.54, 1.807) is 0 Å². The zero-order chi connectivity index (χ0) is 30.5. The number of allylic oxidation sites excluding steroid dienone is 7. The minimum absolute atomic E-state index is 0.137. The lowest BCUT2D eigenvalue weighted by Crippen LogP contribution is -2.36. The molecule has 0 amide bonds. The van der Waals surface area contributed by atoms with Crippen molar-refractivity contribution in [3.63, 3.8) is 0 Å². The maximum Gasteiger partial charge on any atom is 0.157 e. The van der Waals surface area contributed by atoms with Gasteiger partial charge in [0.25, 0.3) is 0 Å². The number of para-hydroxylation sites is 3. The minimum atomic E-state index is 0.137. The third-order valence-electron chi connectivity index (χ3n) is 9.23. The molecule has 0 aliphatic heterocycles. The van der Waals surface area contributed by atoms with Gasteiger partial charge in [0.1, 0.15) is 16.7 Å². The van der Waals surface area contributed by atoms with Crippen molar-refractivity contribution in [3.8, 4) is 0 Å². The molecule has 3 aliphatic rings. The van der Waals surface area contributed by atoms with Crippen LogP contribution >= 0.6 is 0 Å².